The fourth-order valence-corrected chi connectivity index (χ4v) is 6.82. The van der Waals surface area contributed by atoms with Gasteiger partial charge in [0, 0.05) is 37.1 Å². The lowest BCUT2D eigenvalue weighted by Gasteiger charge is -2.33. The molecule has 0 bridgehead atoms. The van der Waals surface area contributed by atoms with Crippen LogP contribution in [0.4, 0.5) is 5.69 Å². The van der Waals surface area contributed by atoms with Crippen molar-refractivity contribution in [2.75, 3.05) is 46.2 Å². The fraction of sp³-hybridized carbons (Fsp3) is 0.429. The summed E-state index contributed by atoms with van der Waals surface area (Å²) in [5.41, 5.74) is 1.24. The number of aliphatic hydroxyl groups excluding tert-OH is 1. The van der Waals surface area contributed by atoms with Crippen LogP contribution in [0.15, 0.2) is 84.9 Å². The highest BCUT2D eigenvalue weighted by atomic mass is 79.9. The Labute approximate surface area is 355 Å². The number of ether oxygens (including phenoxy) is 2. The van der Waals surface area contributed by atoms with Gasteiger partial charge in [-0.15, -0.1) is 0 Å². The average Bonchev–Trinajstić information content (AvgIpc) is 3.84. The number of aliphatic hydroxyl groups is 2. The molecule has 1 aliphatic carbocycles. The van der Waals surface area contributed by atoms with Crippen molar-refractivity contribution in [2.45, 2.75) is 69.3 Å². The van der Waals surface area contributed by atoms with Crippen LogP contribution in [0.25, 0.3) is 0 Å². The molecule has 1 heterocycles. The third kappa shape index (κ3) is 17.5. The molecule has 1 amide bonds. The van der Waals surface area contributed by atoms with E-state index < -0.39 is 29.6 Å². The molecule has 328 valence electrons. The van der Waals surface area contributed by atoms with Gasteiger partial charge in [0.25, 0.3) is 0 Å². The summed E-state index contributed by atoms with van der Waals surface area (Å²) in [7, 11) is 5.93. The quantitative estimate of drug-likeness (QED) is 0.0342. The van der Waals surface area contributed by atoms with Gasteiger partial charge in [0.2, 0.25) is 6.41 Å². The van der Waals surface area contributed by atoms with E-state index >= 15 is 0 Å². The summed E-state index contributed by atoms with van der Waals surface area (Å²) in [6.07, 6.45) is 6.37. The summed E-state index contributed by atoms with van der Waals surface area (Å²) in [6, 6.07) is 22.0. The lowest BCUT2D eigenvalue weighted by Crippen LogP contribution is -3.00. The Morgan fingerprint density at radius 2 is 1.53 bits per heavy atom. The molecule has 0 spiro atoms. The molecular weight excluding hydrogens is 834 g/mol. The first kappa shape index (κ1) is 54.1. The number of aromatic hydroxyl groups is 1. The Bertz CT molecular complexity index is 1740. The first-order valence-electron chi connectivity index (χ1n) is 18.6. The number of phenols is 1. The molecule has 5 rings (SSSR count). The number of carboxylic acid groups (broad SMARTS) is 2. The molecule has 1 aliphatic heterocycles. The van der Waals surface area contributed by atoms with E-state index in [0.29, 0.717) is 36.2 Å². The summed E-state index contributed by atoms with van der Waals surface area (Å²) in [5, 5.41) is 52.6. The Morgan fingerprint density at radius 1 is 0.932 bits per heavy atom. The number of carboxylic acids is 2. The highest BCUT2D eigenvalue weighted by molar-refractivity contribution is 5.89. The van der Waals surface area contributed by atoms with E-state index in [4.69, 9.17) is 19.7 Å². The lowest BCUT2D eigenvalue weighted by molar-refractivity contribution is -0.879. The number of nitrogens with one attached hydrogen (secondary N) is 2. The van der Waals surface area contributed by atoms with E-state index in [9.17, 15) is 34.5 Å². The molecule has 4 atom stereocenters. The normalized spacial score (nSPS) is 17.3. The van der Waals surface area contributed by atoms with Crippen molar-refractivity contribution >= 4 is 30.0 Å². The van der Waals surface area contributed by atoms with Gasteiger partial charge in [0.1, 0.15) is 18.0 Å². The number of likely N-dealkylation sites (tertiary alicyclic amines) is 1. The minimum atomic E-state index is -1.50. The SMILES string of the molecule is COc1ccc(C[C@@H](C)NC[C@H](O)c2ccc(O)c(NC=O)c2)cc1.C[N+]1(C)CCC(OC(=O)C(O)(c2ccccc2)C2CCCC2)C1.O.O.O=C(O)/C=C/C(=O)O.[Br-]. The van der Waals surface area contributed by atoms with E-state index in [1.807, 2.05) is 61.5 Å². The maximum absolute atomic E-state index is 12.9. The number of carbonyl (C=O) groups is 4. The second-order valence-electron chi connectivity index (χ2n) is 14.7. The van der Waals surface area contributed by atoms with Crippen molar-refractivity contribution in [3.05, 3.63) is 102 Å². The number of nitrogens with zero attached hydrogens (tertiary/aromatic N) is 1. The number of esters is 1. The highest BCUT2D eigenvalue weighted by Gasteiger charge is 2.49. The zero-order valence-corrected chi connectivity index (χ0v) is 35.4. The molecule has 17 heteroatoms. The van der Waals surface area contributed by atoms with Crippen LogP contribution in [-0.4, -0.2) is 118 Å². The van der Waals surface area contributed by atoms with Gasteiger partial charge in [-0.2, -0.15) is 0 Å². The molecule has 2 unspecified atom stereocenters. The van der Waals surface area contributed by atoms with Crippen molar-refractivity contribution in [1.82, 2.24) is 5.32 Å². The smallest absolute Gasteiger partial charge is 0.343 e. The summed E-state index contributed by atoms with van der Waals surface area (Å²) >= 11 is 0. The summed E-state index contributed by atoms with van der Waals surface area (Å²) in [5.74, 6) is -2.22. The van der Waals surface area contributed by atoms with Gasteiger partial charge in [0.15, 0.2) is 11.7 Å². The second-order valence-corrected chi connectivity index (χ2v) is 14.7. The van der Waals surface area contributed by atoms with Crippen LogP contribution in [0.1, 0.15) is 61.8 Å². The molecule has 59 heavy (non-hydrogen) atoms. The Hall–Kier alpha value is -4.88. The van der Waals surface area contributed by atoms with Crippen LogP contribution in [-0.2, 0) is 35.9 Å². The number of halogens is 1. The maximum Gasteiger partial charge on any atom is 0.343 e. The number of carbonyl (C=O) groups excluding carboxylic acids is 2. The number of likely N-dealkylation sites (N-methyl/N-ethyl adjacent to an activating group) is 1. The van der Waals surface area contributed by atoms with Gasteiger partial charge in [-0.05, 0) is 67.1 Å². The van der Waals surface area contributed by atoms with Crippen molar-refractivity contribution in [3.63, 3.8) is 0 Å². The molecule has 3 aromatic carbocycles. The molecule has 11 N–H and O–H groups in total. The van der Waals surface area contributed by atoms with Gasteiger partial charge >= 0.3 is 17.9 Å². The number of hydrogen-bond donors (Lipinski definition) is 7. The van der Waals surface area contributed by atoms with E-state index in [1.165, 1.54) is 11.6 Å². The van der Waals surface area contributed by atoms with Crippen molar-refractivity contribution in [2.24, 2.45) is 5.92 Å². The summed E-state index contributed by atoms with van der Waals surface area (Å²) in [6.45, 7) is 4.24. The molecule has 1 saturated heterocycles. The summed E-state index contributed by atoms with van der Waals surface area (Å²) in [4.78, 5) is 42.6. The standard InChI is InChI=1S/C19H24N2O4.C19H28NO3.C4H4O4.BrH.2H2O/c1-13(9-14-3-6-16(25-2)7-4-14)20-11-19(24)15-5-8-18(23)17(10-15)21-12-22;1-20(2)13-12-17(14-20)23-18(21)19(22,16-10-6-7-11-16)15-8-4-3-5-9-15;5-3(6)1-2-4(7)8;;;/h3-8,10,12-13,19-20,23-24H,9,11H2,1-2H3,(H,21,22);3-5,8-9,16-17,22H,6-7,10-14H2,1-2H3;1-2H,(H,5,6)(H,7,8);1H;2*1H2/q;+1;;;;/p-1/b;;2-1+;;;/t13-,19+;;;;;/m1...../s1. The number of methoxy groups -OCH3 is 1. The highest BCUT2D eigenvalue weighted by Crippen LogP contribution is 2.42. The molecule has 2 aliphatic rings. The van der Waals surface area contributed by atoms with Crippen molar-refractivity contribution < 1.29 is 86.6 Å². The van der Waals surface area contributed by atoms with Crippen LogP contribution in [0, 0.1) is 5.92 Å². The van der Waals surface area contributed by atoms with Gasteiger partial charge in [-0.3, -0.25) is 4.79 Å². The van der Waals surface area contributed by atoms with Crippen molar-refractivity contribution in [1.29, 1.82) is 0 Å². The first-order valence-corrected chi connectivity index (χ1v) is 18.6. The number of hydrogen-bond acceptors (Lipinski definition) is 10. The van der Waals surface area contributed by atoms with Crippen LogP contribution >= 0.6 is 0 Å². The monoisotopic (exact) mass is 893 g/mol. The average molecular weight is 895 g/mol. The van der Waals surface area contributed by atoms with E-state index in [1.54, 1.807) is 19.2 Å². The molecule has 2 fully saturated rings. The van der Waals surface area contributed by atoms with Crippen molar-refractivity contribution in [3.8, 4) is 11.5 Å². The van der Waals surface area contributed by atoms with Crippen LogP contribution < -0.4 is 32.4 Å². The van der Waals surface area contributed by atoms with Gasteiger partial charge in [-0.1, -0.05) is 61.4 Å². The molecule has 16 nitrogen and oxygen atoms in total. The van der Waals surface area contributed by atoms with E-state index in [-0.39, 0.29) is 57.4 Å². The Kier molecular flexibility index (Phi) is 24.1. The first-order chi connectivity index (χ1) is 26.6. The predicted molar refractivity (Wildman–Crippen MR) is 217 cm³/mol. The number of rotatable bonds is 15. The van der Waals surface area contributed by atoms with E-state index in [0.717, 1.165) is 61.8 Å². The van der Waals surface area contributed by atoms with Crippen LogP contribution in [0.5, 0.6) is 11.5 Å². The minimum Gasteiger partial charge on any atom is -1.00 e. The maximum atomic E-state index is 12.9. The predicted octanol–water partition coefficient (Wildman–Crippen LogP) is -0.254. The number of anilines is 1. The molecule has 0 aromatic heterocycles. The summed E-state index contributed by atoms with van der Waals surface area (Å²) < 4.78 is 11.8. The third-order valence-electron chi connectivity index (χ3n) is 9.85. The third-order valence-corrected chi connectivity index (χ3v) is 9.85. The number of amides is 1. The largest absolute Gasteiger partial charge is 1.00 e. The Balaban J connectivity index is 0.000000926. The zero-order chi connectivity index (χ0) is 41.3. The Morgan fingerprint density at radius 3 is 2.03 bits per heavy atom. The lowest BCUT2D eigenvalue weighted by atomic mass is 9.80. The zero-order valence-electron chi connectivity index (χ0n) is 33.8. The van der Waals surface area contributed by atoms with Gasteiger partial charge in [0.05, 0.1) is 39.5 Å². The molecule has 3 aromatic rings. The van der Waals surface area contributed by atoms with Gasteiger partial charge < -0.3 is 78.1 Å². The minimum absolute atomic E-state index is 0. The molecule has 1 saturated carbocycles. The number of phenolic OH excluding ortho intramolecular Hbond substituents is 1. The molecular formula is C42H60BrN3O13. The molecule has 0 radical (unpaired) electrons. The number of benzene rings is 3. The van der Waals surface area contributed by atoms with Gasteiger partial charge in [-0.25, -0.2) is 14.4 Å². The van der Waals surface area contributed by atoms with E-state index in [2.05, 4.69) is 24.7 Å². The second kappa shape index (κ2) is 26.3. The number of quaternary nitrogens is 1. The fourth-order valence-electron chi connectivity index (χ4n) is 6.82. The topological polar surface area (TPSA) is 275 Å². The van der Waals surface area contributed by atoms with Crippen LogP contribution in [0.3, 0.4) is 0 Å². The van der Waals surface area contributed by atoms with Crippen LogP contribution in [0.2, 0.25) is 0 Å². The number of aliphatic carboxylic acids is 2.